The van der Waals surface area contributed by atoms with Crippen molar-refractivity contribution in [3.05, 3.63) is 23.9 Å². The molecule has 0 spiro atoms. The van der Waals surface area contributed by atoms with Crippen molar-refractivity contribution < 1.29 is 23.0 Å². The van der Waals surface area contributed by atoms with Crippen LogP contribution in [0.5, 0.6) is 5.88 Å². The van der Waals surface area contributed by atoms with Gasteiger partial charge in [-0.2, -0.15) is 0 Å². The van der Waals surface area contributed by atoms with Crippen LogP contribution in [0.15, 0.2) is 18.3 Å². The molecular weight excluding hydrogens is 294 g/mol. The number of carbonyl (C=O) groups excluding carboxylic acids is 1. The molecule has 1 aromatic rings. The highest BCUT2D eigenvalue weighted by molar-refractivity contribution is 5.94. The normalized spacial score (nSPS) is 21.3. The van der Waals surface area contributed by atoms with Gasteiger partial charge in [0.1, 0.15) is 6.61 Å². The van der Waals surface area contributed by atoms with Gasteiger partial charge in [-0.3, -0.25) is 4.79 Å². The minimum atomic E-state index is -3.02. The fourth-order valence-electron chi connectivity index (χ4n) is 2.24. The summed E-state index contributed by atoms with van der Waals surface area (Å²) >= 11 is 0. The van der Waals surface area contributed by atoms with E-state index in [-0.39, 0.29) is 18.7 Å². The van der Waals surface area contributed by atoms with Gasteiger partial charge >= 0.3 is 0 Å². The van der Waals surface area contributed by atoms with Crippen molar-refractivity contribution >= 4 is 5.91 Å². The zero-order valence-corrected chi connectivity index (χ0v) is 12.1. The minimum absolute atomic E-state index is 0.108. The van der Waals surface area contributed by atoms with Crippen LogP contribution in [0.4, 0.5) is 8.78 Å². The molecule has 0 N–H and O–H groups in total. The predicted octanol–water partition coefficient (Wildman–Crippen LogP) is 1.98. The number of hydrogen-bond donors (Lipinski definition) is 0. The number of rotatable bonds is 4. The molecule has 1 aliphatic carbocycles. The van der Waals surface area contributed by atoms with Crippen LogP contribution in [0.3, 0.4) is 0 Å². The highest BCUT2D eigenvalue weighted by Gasteiger charge is 2.36. The average Bonchev–Trinajstić information content (AvgIpc) is 3.32. The molecule has 1 saturated heterocycles. The molecule has 0 atom stereocenters. The Bertz CT molecular complexity index is 532. The number of pyridine rings is 1. The van der Waals surface area contributed by atoms with Crippen LogP contribution >= 0.6 is 0 Å². The number of alkyl halides is 2. The Kier molecular flexibility index (Phi) is 4.24. The van der Waals surface area contributed by atoms with Crippen LogP contribution in [-0.2, 0) is 4.74 Å². The number of halogens is 2. The smallest absolute Gasteiger partial charge is 0.288 e. The molecule has 2 fully saturated rings. The molecule has 120 valence electrons. The molecule has 0 radical (unpaired) electrons. The fraction of sp³-hybridized carbons (Fsp3) is 0.600. The van der Waals surface area contributed by atoms with Gasteiger partial charge in [-0.1, -0.05) is 0 Å². The van der Waals surface area contributed by atoms with Crippen molar-refractivity contribution in [2.75, 3.05) is 32.9 Å². The first-order valence-electron chi connectivity index (χ1n) is 7.37. The number of amides is 1. The van der Waals surface area contributed by atoms with Crippen LogP contribution in [0.2, 0.25) is 0 Å². The quantitative estimate of drug-likeness (QED) is 0.853. The maximum atomic E-state index is 13.5. The summed E-state index contributed by atoms with van der Waals surface area (Å²) in [6, 6.07) is 3.16. The lowest BCUT2D eigenvalue weighted by atomic mass is 10.2. The summed E-state index contributed by atoms with van der Waals surface area (Å²) in [5.74, 6) is -2.42. The molecule has 2 heterocycles. The maximum absolute atomic E-state index is 13.5. The van der Waals surface area contributed by atoms with Gasteiger partial charge in [-0.15, -0.1) is 0 Å². The molecule has 1 amide bonds. The zero-order chi connectivity index (χ0) is 15.6. The fourth-order valence-corrected chi connectivity index (χ4v) is 2.24. The van der Waals surface area contributed by atoms with E-state index >= 15 is 0 Å². The van der Waals surface area contributed by atoms with E-state index in [9.17, 15) is 13.6 Å². The van der Waals surface area contributed by atoms with E-state index in [0.29, 0.717) is 18.4 Å². The lowest BCUT2D eigenvalue weighted by Crippen LogP contribution is -2.41. The van der Waals surface area contributed by atoms with E-state index < -0.39 is 25.0 Å². The summed E-state index contributed by atoms with van der Waals surface area (Å²) in [5.41, 5.74) is 0.275. The first-order valence-corrected chi connectivity index (χ1v) is 7.37. The monoisotopic (exact) mass is 312 g/mol. The van der Waals surface area contributed by atoms with Crippen molar-refractivity contribution in [1.29, 1.82) is 0 Å². The molecule has 3 rings (SSSR count). The van der Waals surface area contributed by atoms with Gasteiger partial charge in [0.15, 0.2) is 0 Å². The highest BCUT2D eigenvalue weighted by Crippen LogP contribution is 2.29. The third-order valence-corrected chi connectivity index (χ3v) is 3.68. The third-order valence-electron chi connectivity index (χ3n) is 3.68. The van der Waals surface area contributed by atoms with E-state index in [1.807, 2.05) is 0 Å². The topological polar surface area (TPSA) is 51.7 Å². The predicted molar refractivity (Wildman–Crippen MR) is 74.1 cm³/mol. The van der Waals surface area contributed by atoms with Gasteiger partial charge in [0, 0.05) is 18.8 Å². The molecular formula is C15H18F2N2O3. The first kappa shape index (κ1) is 15.1. The Morgan fingerprint density at radius 2 is 2.27 bits per heavy atom. The van der Waals surface area contributed by atoms with Crippen molar-refractivity contribution in [3.63, 3.8) is 0 Å². The van der Waals surface area contributed by atoms with E-state index in [4.69, 9.17) is 9.47 Å². The molecule has 0 bridgehead atoms. The van der Waals surface area contributed by atoms with Gasteiger partial charge in [0.25, 0.3) is 11.8 Å². The highest BCUT2D eigenvalue weighted by atomic mass is 19.3. The Hall–Kier alpha value is -1.76. The molecule has 1 saturated carbocycles. The maximum Gasteiger partial charge on any atom is 0.288 e. The second-order valence-electron chi connectivity index (χ2n) is 5.77. The second kappa shape index (κ2) is 6.16. The number of aromatic nitrogens is 1. The third kappa shape index (κ3) is 3.91. The number of carbonyl (C=O) groups is 1. The number of nitrogens with zero attached hydrogens (tertiary/aromatic N) is 2. The molecule has 5 nitrogen and oxygen atoms in total. The van der Waals surface area contributed by atoms with Crippen LogP contribution in [0.25, 0.3) is 0 Å². The van der Waals surface area contributed by atoms with Crippen molar-refractivity contribution in [2.45, 2.75) is 18.8 Å². The number of hydrogen-bond acceptors (Lipinski definition) is 4. The van der Waals surface area contributed by atoms with E-state index in [2.05, 4.69) is 4.98 Å². The van der Waals surface area contributed by atoms with Crippen LogP contribution in [0.1, 0.15) is 23.2 Å². The minimum Gasteiger partial charge on any atom is -0.477 e. The first-order chi connectivity index (χ1) is 10.5. The van der Waals surface area contributed by atoms with Crippen LogP contribution < -0.4 is 4.74 Å². The molecule has 2 aliphatic rings. The largest absolute Gasteiger partial charge is 0.477 e. The summed E-state index contributed by atoms with van der Waals surface area (Å²) in [4.78, 5) is 17.5. The Morgan fingerprint density at radius 3 is 2.95 bits per heavy atom. The molecule has 1 aromatic heterocycles. The molecule has 7 heteroatoms. The Balaban J connectivity index is 1.62. The Morgan fingerprint density at radius 1 is 1.45 bits per heavy atom. The van der Waals surface area contributed by atoms with Gasteiger partial charge in [-0.05, 0) is 24.8 Å². The zero-order valence-electron chi connectivity index (χ0n) is 12.1. The van der Waals surface area contributed by atoms with Crippen LogP contribution in [0, 0.1) is 5.92 Å². The molecule has 1 aliphatic heterocycles. The van der Waals surface area contributed by atoms with E-state index in [1.165, 1.54) is 19.0 Å². The van der Waals surface area contributed by atoms with Crippen molar-refractivity contribution in [2.24, 2.45) is 5.92 Å². The van der Waals surface area contributed by atoms with Gasteiger partial charge in [0.2, 0.25) is 5.88 Å². The van der Waals surface area contributed by atoms with Crippen LogP contribution in [-0.4, -0.2) is 54.6 Å². The van der Waals surface area contributed by atoms with Gasteiger partial charge < -0.3 is 14.4 Å². The summed E-state index contributed by atoms with van der Waals surface area (Å²) in [6.07, 6.45) is 3.73. The van der Waals surface area contributed by atoms with E-state index in [0.717, 1.165) is 4.90 Å². The summed E-state index contributed by atoms with van der Waals surface area (Å²) in [5, 5.41) is 0. The van der Waals surface area contributed by atoms with Crippen molar-refractivity contribution in [1.82, 2.24) is 9.88 Å². The summed E-state index contributed by atoms with van der Waals surface area (Å²) in [7, 11) is 0. The lowest BCUT2D eigenvalue weighted by Gasteiger charge is -2.23. The lowest BCUT2D eigenvalue weighted by molar-refractivity contribution is -0.0660. The SMILES string of the molecule is O=C(c1ccc(OCC2CC2)nc1)N1CCOCC(F)(F)C1. The van der Waals surface area contributed by atoms with Gasteiger partial charge in [0.05, 0.1) is 25.3 Å². The number of ether oxygens (including phenoxy) is 2. The van der Waals surface area contributed by atoms with E-state index in [1.54, 1.807) is 12.1 Å². The second-order valence-corrected chi connectivity index (χ2v) is 5.77. The van der Waals surface area contributed by atoms with Crippen molar-refractivity contribution in [3.8, 4) is 5.88 Å². The average molecular weight is 312 g/mol. The molecule has 0 aromatic carbocycles. The Labute approximate surface area is 127 Å². The van der Waals surface area contributed by atoms with Gasteiger partial charge in [-0.25, -0.2) is 13.8 Å². The summed E-state index contributed by atoms with van der Waals surface area (Å²) in [6.45, 7) is -0.392. The molecule has 0 unspecified atom stereocenters. The standard InChI is InChI=1S/C15H18F2N2O3/c16-15(17)9-19(5-6-21-10-15)14(20)12-3-4-13(18-7-12)22-8-11-1-2-11/h3-4,7,11H,1-2,5-6,8-10H2. The summed E-state index contributed by atoms with van der Waals surface area (Å²) < 4.78 is 37.3. The molecule has 22 heavy (non-hydrogen) atoms.